The Morgan fingerprint density at radius 3 is 2.54 bits per heavy atom. The summed E-state index contributed by atoms with van der Waals surface area (Å²) in [5, 5.41) is 3.42. The van der Waals surface area contributed by atoms with E-state index in [0.717, 1.165) is 5.56 Å². The largest absolute Gasteiger partial charge is 0.466 e. The van der Waals surface area contributed by atoms with E-state index in [-0.39, 0.29) is 24.0 Å². The molecule has 0 saturated carbocycles. The van der Waals surface area contributed by atoms with E-state index < -0.39 is 5.60 Å². The van der Waals surface area contributed by atoms with Gasteiger partial charge in [0.15, 0.2) is 0 Å². The van der Waals surface area contributed by atoms with Crippen molar-refractivity contribution >= 4 is 12.1 Å². The predicted octanol–water partition coefficient (Wildman–Crippen LogP) is 2.96. The fraction of sp³-hybridized carbons (Fsp3) is 0.600. The van der Waals surface area contributed by atoms with Crippen LogP contribution in [0.1, 0.15) is 39.7 Å². The van der Waals surface area contributed by atoms with E-state index in [4.69, 9.17) is 9.47 Å². The number of carbonyl (C=O) groups excluding carboxylic acids is 2. The van der Waals surface area contributed by atoms with Gasteiger partial charge in [-0.1, -0.05) is 30.3 Å². The van der Waals surface area contributed by atoms with Gasteiger partial charge in [0.25, 0.3) is 0 Å². The maximum Gasteiger partial charge on any atom is 0.410 e. The van der Waals surface area contributed by atoms with Crippen molar-refractivity contribution in [1.82, 2.24) is 10.2 Å². The highest BCUT2D eigenvalue weighted by Crippen LogP contribution is 2.22. The Morgan fingerprint density at radius 2 is 1.92 bits per heavy atom. The topological polar surface area (TPSA) is 67.9 Å². The number of carbonyl (C=O) groups is 2. The molecule has 0 unspecified atom stereocenters. The lowest BCUT2D eigenvalue weighted by molar-refractivity contribution is -0.150. The third kappa shape index (κ3) is 6.02. The first-order valence-corrected chi connectivity index (χ1v) is 9.22. The number of esters is 1. The normalized spacial score (nSPS) is 20.5. The summed E-state index contributed by atoms with van der Waals surface area (Å²) in [4.78, 5) is 26.4. The van der Waals surface area contributed by atoms with Crippen LogP contribution in [-0.2, 0) is 20.8 Å². The lowest BCUT2D eigenvalue weighted by atomic mass is 9.91. The molecule has 1 heterocycles. The molecule has 1 amide bonds. The van der Waals surface area contributed by atoms with Crippen LogP contribution in [0.5, 0.6) is 0 Å². The smallest absolute Gasteiger partial charge is 0.410 e. The molecule has 2 atom stereocenters. The van der Waals surface area contributed by atoms with Crippen LogP contribution in [0.25, 0.3) is 0 Å². The molecular weight excluding hydrogens is 332 g/mol. The maximum absolute atomic E-state index is 12.4. The van der Waals surface area contributed by atoms with Crippen LogP contribution < -0.4 is 5.32 Å². The molecule has 0 bridgehead atoms. The Labute approximate surface area is 155 Å². The van der Waals surface area contributed by atoms with Crippen LogP contribution in [0.4, 0.5) is 4.79 Å². The van der Waals surface area contributed by atoms with Crippen molar-refractivity contribution in [1.29, 1.82) is 0 Å². The summed E-state index contributed by atoms with van der Waals surface area (Å²) in [6.45, 7) is 9.25. The molecule has 26 heavy (non-hydrogen) atoms. The standard InChI is InChI=1S/C20H30N2O4/c1-5-25-18(23)16-11-12-22(19(24)26-20(2,3)4)14-17(16)21-13-15-9-7-6-8-10-15/h6-10,16-17,21H,5,11-14H2,1-4H3/t16-,17+/m1/s1. The highest BCUT2D eigenvalue weighted by molar-refractivity contribution is 5.74. The van der Waals surface area contributed by atoms with Crippen LogP contribution in [0.15, 0.2) is 30.3 Å². The molecule has 0 spiro atoms. The molecule has 0 aliphatic carbocycles. The van der Waals surface area contributed by atoms with E-state index in [1.807, 2.05) is 51.1 Å². The summed E-state index contributed by atoms with van der Waals surface area (Å²) < 4.78 is 10.7. The average Bonchev–Trinajstić information content (AvgIpc) is 2.59. The SMILES string of the molecule is CCOC(=O)[C@@H]1CCN(C(=O)OC(C)(C)C)C[C@@H]1NCc1ccccc1. The Bertz CT molecular complexity index is 598. The molecule has 2 rings (SSSR count). The third-order valence-electron chi connectivity index (χ3n) is 4.27. The summed E-state index contributed by atoms with van der Waals surface area (Å²) in [7, 11) is 0. The van der Waals surface area contributed by atoms with Crippen molar-refractivity contribution in [2.75, 3.05) is 19.7 Å². The number of hydrogen-bond donors (Lipinski definition) is 1. The Balaban J connectivity index is 2.04. The van der Waals surface area contributed by atoms with Gasteiger partial charge in [0.05, 0.1) is 12.5 Å². The molecule has 1 aliphatic rings. The minimum Gasteiger partial charge on any atom is -0.466 e. The number of rotatable bonds is 5. The number of piperidine rings is 1. The van der Waals surface area contributed by atoms with Crippen LogP contribution in [-0.4, -0.2) is 48.3 Å². The predicted molar refractivity (Wildman–Crippen MR) is 99.6 cm³/mol. The molecule has 1 fully saturated rings. The lowest BCUT2D eigenvalue weighted by Gasteiger charge is -2.38. The van der Waals surface area contributed by atoms with Crippen LogP contribution in [0.3, 0.4) is 0 Å². The summed E-state index contributed by atoms with van der Waals surface area (Å²) in [5.41, 5.74) is 0.590. The number of nitrogens with one attached hydrogen (secondary N) is 1. The first kappa shape index (κ1) is 20.2. The van der Waals surface area contributed by atoms with E-state index in [0.29, 0.717) is 32.7 Å². The molecular formula is C20H30N2O4. The lowest BCUT2D eigenvalue weighted by Crippen LogP contribution is -2.55. The zero-order valence-electron chi connectivity index (χ0n) is 16.2. The number of hydrogen-bond acceptors (Lipinski definition) is 5. The zero-order chi connectivity index (χ0) is 19.2. The Morgan fingerprint density at radius 1 is 1.23 bits per heavy atom. The van der Waals surface area contributed by atoms with Crippen LogP contribution in [0.2, 0.25) is 0 Å². The molecule has 1 N–H and O–H groups in total. The third-order valence-corrected chi connectivity index (χ3v) is 4.27. The van der Waals surface area contributed by atoms with Crippen LogP contribution in [0, 0.1) is 5.92 Å². The first-order valence-electron chi connectivity index (χ1n) is 9.22. The summed E-state index contributed by atoms with van der Waals surface area (Å²) in [6.07, 6.45) is 0.219. The van der Waals surface area contributed by atoms with Gasteiger partial charge in [-0.25, -0.2) is 4.79 Å². The van der Waals surface area contributed by atoms with Crippen LogP contribution >= 0.6 is 0 Å². The number of benzene rings is 1. The van der Waals surface area contributed by atoms with Gasteiger partial charge in [0, 0.05) is 25.7 Å². The zero-order valence-corrected chi connectivity index (χ0v) is 16.2. The average molecular weight is 362 g/mol. The molecule has 0 aromatic heterocycles. The molecule has 144 valence electrons. The molecule has 1 aromatic carbocycles. The fourth-order valence-corrected chi connectivity index (χ4v) is 3.03. The Hall–Kier alpha value is -2.08. The summed E-state index contributed by atoms with van der Waals surface area (Å²) in [5.74, 6) is -0.473. The van der Waals surface area contributed by atoms with Crippen molar-refractivity contribution in [2.24, 2.45) is 5.92 Å². The van der Waals surface area contributed by atoms with E-state index in [2.05, 4.69) is 5.32 Å². The van der Waals surface area contributed by atoms with Gasteiger partial charge < -0.3 is 19.7 Å². The molecule has 1 aromatic rings. The van der Waals surface area contributed by atoms with Gasteiger partial charge >= 0.3 is 12.1 Å². The van der Waals surface area contributed by atoms with Crippen molar-refractivity contribution in [2.45, 2.75) is 52.3 Å². The highest BCUT2D eigenvalue weighted by Gasteiger charge is 2.37. The van der Waals surface area contributed by atoms with E-state index >= 15 is 0 Å². The van der Waals surface area contributed by atoms with Crippen molar-refractivity contribution in [3.63, 3.8) is 0 Å². The van der Waals surface area contributed by atoms with E-state index in [1.54, 1.807) is 11.8 Å². The van der Waals surface area contributed by atoms with Gasteiger partial charge in [-0.2, -0.15) is 0 Å². The maximum atomic E-state index is 12.4. The second-order valence-corrected chi connectivity index (χ2v) is 7.55. The highest BCUT2D eigenvalue weighted by atomic mass is 16.6. The van der Waals surface area contributed by atoms with Crippen molar-refractivity contribution < 1.29 is 19.1 Å². The molecule has 6 nitrogen and oxygen atoms in total. The second kappa shape index (κ2) is 9.03. The first-order chi connectivity index (χ1) is 12.3. The summed E-state index contributed by atoms with van der Waals surface area (Å²) >= 11 is 0. The van der Waals surface area contributed by atoms with Gasteiger partial charge in [0.2, 0.25) is 0 Å². The van der Waals surface area contributed by atoms with E-state index in [1.165, 1.54) is 0 Å². The van der Waals surface area contributed by atoms with E-state index in [9.17, 15) is 9.59 Å². The molecule has 1 saturated heterocycles. The molecule has 6 heteroatoms. The van der Waals surface area contributed by atoms with Gasteiger partial charge in [0.1, 0.15) is 5.60 Å². The van der Waals surface area contributed by atoms with Gasteiger partial charge in [-0.05, 0) is 39.7 Å². The molecule has 1 aliphatic heterocycles. The minimum absolute atomic E-state index is 0.171. The summed E-state index contributed by atoms with van der Waals surface area (Å²) in [6, 6.07) is 9.81. The quantitative estimate of drug-likeness (QED) is 0.816. The molecule has 0 radical (unpaired) electrons. The number of likely N-dealkylation sites (tertiary alicyclic amines) is 1. The van der Waals surface area contributed by atoms with Gasteiger partial charge in [-0.3, -0.25) is 4.79 Å². The van der Waals surface area contributed by atoms with Gasteiger partial charge in [-0.15, -0.1) is 0 Å². The van der Waals surface area contributed by atoms with Crippen molar-refractivity contribution in [3.05, 3.63) is 35.9 Å². The monoisotopic (exact) mass is 362 g/mol. The number of nitrogens with zero attached hydrogens (tertiary/aromatic N) is 1. The second-order valence-electron chi connectivity index (χ2n) is 7.55. The Kier molecular flexibility index (Phi) is 7.03. The number of amides is 1. The van der Waals surface area contributed by atoms with Crippen molar-refractivity contribution in [3.8, 4) is 0 Å². The minimum atomic E-state index is -0.540. The number of ether oxygens (including phenoxy) is 2. The fourth-order valence-electron chi connectivity index (χ4n) is 3.03.